The van der Waals surface area contributed by atoms with E-state index in [-0.39, 0.29) is 23.7 Å². The third-order valence-corrected chi connectivity index (χ3v) is 6.57. The molecule has 0 fully saturated rings. The Bertz CT molecular complexity index is 1060. The number of hydrogen-bond acceptors (Lipinski definition) is 6. The molecule has 0 aliphatic rings. The molecule has 0 radical (unpaired) electrons. The summed E-state index contributed by atoms with van der Waals surface area (Å²) in [5, 5.41) is 14.3. The summed E-state index contributed by atoms with van der Waals surface area (Å²) < 4.78 is 26.9. The van der Waals surface area contributed by atoms with Crippen LogP contribution in [0.2, 0.25) is 25.7 Å². The minimum absolute atomic E-state index is 0.0340. The molecule has 1 aromatic carbocycles. The van der Waals surface area contributed by atoms with Crippen molar-refractivity contribution in [3.63, 3.8) is 0 Å². The Morgan fingerprint density at radius 3 is 2.63 bits per heavy atom. The maximum atomic E-state index is 14.0. The van der Waals surface area contributed by atoms with E-state index in [4.69, 9.17) is 9.47 Å². The minimum Gasteiger partial charge on any atom is -0.444 e. The van der Waals surface area contributed by atoms with Crippen molar-refractivity contribution in [3.8, 4) is 11.3 Å². The van der Waals surface area contributed by atoms with Crippen LogP contribution in [-0.2, 0) is 16.2 Å². The van der Waals surface area contributed by atoms with Gasteiger partial charge in [0.05, 0.1) is 22.2 Å². The van der Waals surface area contributed by atoms with Crippen LogP contribution in [0.1, 0.15) is 39.1 Å². The van der Waals surface area contributed by atoms with Gasteiger partial charge < -0.3 is 19.4 Å². The van der Waals surface area contributed by atoms with Crippen molar-refractivity contribution in [2.75, 3.05) is 6.61 Å². The van der Waals surface area contributed by atoms with Crippen LogP contribution in [-0.4, -0.2) is 40.8 Å². The molecular formula is C24H35FN4O5Si. The molecule has 0 bridgehead atoms. The van der Waals surface area contributed by atoms with Crippen molar-refractivity contribution < 1.29 is 23.6 Å². The van der Waals surface area contributed by atoms with Crippen LogP contribution >= 0.6 is 0 Å². The number of aromatic nitrogens is 2. The van der Waals surface area contributed by atoms with Crippen molar-refractivity contribution in [1.29, 1.82) is 0 Å². The molecule has 1 aromatic heterocycles. The average Bonchev–Trinajstić information content (AvgIpc) is 3.12. The maximum Gasteiger partial charge on any atom is 0.408 e. The summed E-state index contributed by atoms with van der Waals surface area (Å²) in [5.41, 5.74) is -0.750. The van der Waals surface area contributed by atoms with E-state index >= 15 is 0 Å². The first-order valence-electron chi connectivity index (χ1n) is 11.4. The van der Waals surface area contributed by atoms with Crippen LogP contribution in [0.5, 0.6) is 0 Å². The Kier molecular flexibility index (Phi) is 9.33. The number of carbonyl (C=O) groups is 1. The number of nitro groups is 1. The molecule has 192 valence electrons. The Morgan fingerprint density at radius 1 is 1.37 bits per heavy atom. The van der Waals surface area contributed by atoms with E-state index in [2.05, 4.69) is 36.5 Å². The van der Waals surface area contributed by atoms with E-state index < -0.39 is 36.6 Å². The second kappa shape index (κ2) is 11.6. The Morgan fingerprint density at radius 2 is 2.06 bits per heavy atom. The average molecular weight is 507 g/mol. The molecule has 0 spiro atoms. The summed E-state index contributed by atoms with van der Waals surface area (Å²) in [7, 11) is -1.32. The Hall–Kier alpha value is -3.05. The van der Waals surface area contributed by atoms with E-state index in [0.717, 1.165) is 24.2 Å². The number of carbonyl (C=O) groups excluding carboxylic acids is 1. The fourth-order valence-electron chi connectivity index (χ4n) is 3.20. The van der Waals surface area contributed by atoms with Gasteiger partial charge in [-0.1, -0.05) is 25.7 Å². The lowest BCUT2D eigenvalue weighted by molar-refractivity contribution is -0.384. The monoisotopic (exact) mass is 506 g/mol. The summed E-state index contributed by atoms with van der Waals surface area (Å²) in [6.07, 6.45) is 2.86. The van der Waals surface area contributed by atoms with Crippen LogP contribution in [0.4, 0.5) is 14.9 Å². The topological polar surface area (TPSA) is 109 Å². The number of nitrogens with zero attached hydrogens (tertiary/aromatic N) is 3. The molecule has 0 saturated carbocycles. The molecule has 11 heteroatoms. The van der Waals surface area contributed by atoms with Gasteiger partial charge in [0.25, 0.3) is 5.69 Å². The molecule has 9 nitrogen and oxygen atoms in total. The van der Waals surface area contributed by atoms with Gasteiger partial charge in [-0.15, -0.1) is 6.58 Å². The molecule has 0 aliphatic heterocycles. The van der Waals surface area contributed by atoms with Gasteiger partial charge in [0, 0.05) is 26.9 Å². The fourth-order valence-corrected chi connectivity index (χ4v) is 3.96. The predicted molar refractivity (Wildman–Crippen MR) is 135 cm³/mol. The molecule has 2 aromatic rings. The standard InChI is InChI=1S/C24H35FN4O5Si/c1-8-9-19(27-23(30)34-24(2,3)4)22-26-20(15-28(22)16-33-12-13-35(5,6)7)18-14-17(25)10-11-21(18)29(31)32/h8,10-11,14-15,19H,1,9,12-13,16H2,2-7H3,(H,27,30)/t19-/m0/s1. The molecule has 0 saturated heterocycles. The summed E-state index contributed by atoms with van der Waals surface area (Å²) in [5.74, 6) is -0.236. The van der Waals surface area contributed by atoms with E-state index in [0.29, 0.717) is 18.9 Å². The van der Waals surface area contributed by atoms with Gasteiger partial charge in [0.15, 0.2) is 0 Å². The van der Waals surface area contributed by atoms with E-state index in [1.165, 1.54) is 0 Å². The van der Waals surface area contributed by atoms with Crippen LogP contribution in [0.15, 0.2) is 37.1 Å². The molecule has 0 aliphatic carbocycles. The van der Waals surface area contributed by atoms with E-state index in [1.807, 2.05) is 0 Å². The zero-order chi connectivity index (χ0) is 26.4. The quantitative estimate of drug-likeness (QED) is 0.131. The van der Waals surface area contributed by atoms with Crippen LogP contribution in [0, 0.1) is 15.9 Å². The number of imidazole rings is 1. The number of hydrogen-bond donors (Lipinski definition) is 1. The van der Waals surface area contributed by atoms with E-state index in [9.17, 15) is 19.3 Å². The number of ether oxygens (including phenoxy) is 2. The first-order chi connectivity index (χ1) is 16.2. The zero-order valence-corrected chi connectivity index (χ0v) is 22.3. The highest BCUT2D eigenvalue weighted by Crippen LogP contribution is 2.32. The van der Waals surface area contributed by atoms with Gasteiger partial charge in [-0.3, -0.25) is 10.1 Å². The first-order valence-corrected chi connectivity index (χ1v) is 15.1. The van der Waals surface area contributed by atoms with Gasteiger partial charge in [-0.25, -0.2) is 14.2 Å². The summed E-state index contributed by atoms with van der Waals surface area (Å²) >= 11 is 0. The third-order valence-electron chi connectivity index (χ3n) is 4.87. The number of nitrogens with one attached hydrogen (secondary N) is 1. The number of benzene rings is 1. The second-order valence-electron chi connectivity index (χ2n) is 10.4. The molecule has 2 rings (SSSR count). The lowest BCUT2D eigenvalue weighted by Crippen LogP contribution is -2.36. The zero-order valence-electron chi connectivity index (χ0n) is 21.3. The fraction of sp³-hybridized carbons (Fsp3) is 0.500. The Balaban J connectivity index is 2.47. The normalized spacial score (nSPS) is 12.8. The number of halogens is 1. The van der Waals surface area contributed by atoms with Gasteiger partial charge in [0.1, 0.15) is 24.0 Å². The molecule has 0 unspecified atom stereocenters. The number of amides is 1. The smallest absolute Gasteiger partial charge is 0.408 e. The molecule has 1 N–H and O–H groups in total. The van der Waals surface area contributed by atoms with Gasteiger partial charge >= 0.3 is 6.09 Å². The van der Waals surface area contributed by atoms with Gasteiger partial charge in [-0.05, 0) is 45.4 Å². The first kappa shape index (κ1) is 28.2. The lowest BCUT2D eigenvalue weighted by atomic mass is 10.1. The number of alkyl carbamates (subject to hydrolysis) is 1. The maximum absolute atomic E-state index is 14.0. The van der Waals surface area contributed by atoms with Crippen molar-refractivity contribution >= 4 is 19.9 Å². The van der Waals surface area contributed by atoms with Crippen LogP contribution < -0.4 is 5.32 Å². The van der Waals surface area contributed by atoms with Crippen LogP contribution in [0.3, 0.4) is 0 Å². The SMILES string of the molecule is C=CC[C@H](NC(=O)OC(C)(C)C)c1nc(-c2cc(F)ccc2[N+](=O)[O-])cn1COCC[Si](C)(C)C. The van der Waals surface area contributed by atoms with Crippen LogP contribution in [0.25, 0.3) is 11.3 Å². The Labute approximate surface area is 206 Å². The highest BCUT2D eigenvalue weighted by molar-refractivity contribution is 6.76. The second-order valence-corrected chi connectivity index (χ2v) is 16.1. The third kappa shape index (κ3) is 8.91. The lowest BCUT2D eigenvalue weighted by Gasteiger charge is -2.23. The van der Waals surface area contributed by atoms with Crippen molar-refractivity contribution in [2.45, 2.75) is 71.3 Å². The van der Waals surface area contributed by atoms with Gasteiger partial charge in [-0.2, -0.15) is 0 Å². The number of rotatable bonds is 11. The minimum atomic E-state index is -1.32. The number of nitro benzene ring substituents is 1. The summed E-state index contributed by atoms with van der Waals surface area (Å²) in [6.45, 7) is 16.4. The summed E-state index contributed by atoms with van der Waals surface area (Å²) in [6, 6.07) is 3.51. The highest BCUT2D eigenvalue weighted by atomic mass is 28.3. The van der Waals surface area contributed by atoms with Crippen molar-refractivity contribution in [3.05, 3.63) is 58.8 Å². The molecule has 35 heavy (non-hydrogen) atoms. The molecular weight excluding hydrogens is 471 g/mol. The largest absolute Gasteiger partial charge is 0.444 e. The van der Waals surface area contributed by atoms with Crippen molar-refractivity contribution in [1.82, 2.24) is 14.9 Å². The van der Waals surface area contributed by atoms with E-state index in [1.54, 1.807) is 37.6 Å². The molecule has 1 amide bonds. The molecule has 1 atom stereocenters. The summed E-state index contributed by atoms with van der Waals surface area (Å²) in [4.78, 5) is 28.0. The highest BCUT2D eigenvalue weighted by Gasteiger charge is 2.26. The van der Waals surface area contributed by atoms with Gasteiger partial charge in [0.2, 0.25) is 0 Å². The molecule has 1 heterocycles. The predicted octanol–water partition coefficient (Wildman–Crippen LogP) is 6.05. The van der Waals surface area contributed by atoms with Crippen molar-refractivity contribution in [2.24, 2.45) is 0 Å².